The zero-order valence-electron chi connectivity index (χ0n) is 7.65. The van der Waals surface area contributed by atoms with Gasteiger partial charge in [0.25, 0.3) is 0 Å². The first kappa shape index (κ1) is 14.5. The molecular formula is C10H9ClFeO2S-6. The SMILES string of the molecule is O=S(=O)(Cl)[c-]1cccc1.[Fe].[cH-]1[cH-][cH-][cH-][cH-]1. The van der Waals surface area contributed by atoms with Crippen LogP contribution in [-0.4, -0.2) is 8.42 Å². The minimum Gasteiger partial charge on any atom is -0.748 e. The molecule has 0 radical (unpaired) electrons. The predicted octanol–water partition coefficient (Wildman–Crippen LogP) is 2.74. The molecule has 2 nitrogen and oxygen atoms in total. The summed E-state index contributed by atoms with van der Waals surface area (Å²) in [5.74, 6) is 0. The summed E-state index contributed by atoms with van der Waals surface area (Å²) in [5.41, 5.74) is 0. The average molecular weight is 285 g/mol. The second-order valence-electron chi connectivity index (χ2n) is 2.52. The zero-order valence-corrected chi connectivity index (χ0v) is 10.3. The van der Waals surface area contributed by atoms with Crippen molar-refractivity contribution < 1.29 is 25.5 Å². The molecule has 0 unspecified atom stereocenters. The molecule has 0 fully saturated rings. The van der Waals surface area contributed by atoms with Gasteiger partial charge >= 0.3 is 0 Å². The van der Waals surface area contributed by atoms with Gasteiger partial charge in [-0.15, -0.1) is 0 Å². The Labute approximate surface area is 105 Å². The minimum absolute atomic E-state index is 0. The van der Waals surface area contributed by atoms with Crippen LogP contribution in [0.3, 0.4) is 0 Å². The predicted molar refractivity (Wildman–Crippen MR) is 57.1 cm³/mol. The van der Waals surface area contributed by atoms with Crippen molar-refractivity contribution in [2.45, 2.75) is 4.90 Å². The molecule has 0 saturated carbocycles. The molecule has 0 heterocycles. The molecule has 0 spiro atoms. The van der Waals surface area contributed by atoms with E-state index in [2.05, 4.69) is 0 Å². The monoisotopic (exact) mass is 284 g/mol. The van der Waals surface area contributed by atoms with Crippen LogP contribution in [0.25, 0.3) is 0 Å². The molecule has 0 amide bonds. The van der Waals surface area contributed by atoms with E-state index in [-0.39, 0.29) is 22.0 Å². The van der Waals surface area contributed by atoms with Crippen LogP contribution in [0.1, 0.15) is 0 Å². The van der Waals surface area contributed by atoms with E-state index in [1.54, 1.807) is 12.1 Å². The maximum atomic E-state index is 10.5. The topological polar surface area (TPSA) is 34.1 Å². The molecule has 0 aliphatic rings. The molecule has 0 N–H and O–H groups in total. The Balaban J connectivity index is 0.000000280. The van der Waals surface area contributed by atoms with Crippen molar-refractivity contribution in [3.05, 3.63) is 54.6 Å². The minimum atomic E-state index is -3.49. The fourth-order valence-corrected chi connectivity index (χ4v) is 1.63. The van der Waals surface area contributed by atoms with E-state index >= 15 is 0 Å². The van der Waals surface area contributed by atoms with Crippen LogP contribution >= 0.6 is 10.7 Å². The summed E-state index contributed by atoms with van der Waals surface area (Å²) >= 11 is 0. The Hall–Kier alpha value is -0.541. The summed E-state index contributed by atoms with van der Waals surface area (Å²) in [6, 6.07) is 16.1. The fraction of sp³-hybridized carbons (Fsp3) is 0. The Morgan fingerprint density at radius 2 is 1.27 bits per heavy atom. The molecule has 88 valence electrons. The summed E-state index contributed by atoms with van der Waals surface area (Å²) in [5, 5.41) is 0. The first-order valence-corrected chi connectivity index (χ1v) is 6.25. The number of hydrogen-bond acceptors (Lipinski definition) is 2. The smallest absolute Gasteiger partial charge is 0.215 e. The van der Waals surface area contributed by atoms with Crippen LogP contribution in [0.15, 0.2) is 59.5 Å². The maximum absolute atomic E-state index is 10.5. The van der Waals surface area contributed by atoms with E-state index in [1.165, 1.54) is 12.1 Å². The Morgan fingerprint density at radius 3 is 1.47 bits per heavy atom. The summed E-state index contributed by atoms with van der Waals surface area (Å²) in [7, 11) is 1.48. The quantitative estimate of drug-likeness (QED) is 0.458. The van der Waals surface area contributed by atoms with Gasteiger partial charge in [-0.3, -0.25) is 0 Å². The normalized spacial score (nSPS) is 9.67. The van der Waals surface area contributed by atoms with Crippen molar-refractivity contribution in [2.24, 2.45) is 0 Å². The Morgan fingerprint density at radius 1 is 0.933 bits per heavy atom. The fourth-order valence-electron chi connectivity index (χ4n) is 0.840. The number of hydrogen-bond donors (Lipinski definition) is 0. The van der Waals surface area contributed by atoms with E-state index in [0.717, 1.165) is 0 Å². The van der Waals surface area contributed by atoms with E-state index in [4.69, 9.17) is 10.7 Å². The van der Waals surface area contributed by atoms with Gasteiger partial charge in [-0.1, -0.05) is 0 Å². The molecule has 15 heavy (non-hydrogen) atoms. The molecule has 0 aliphatic carbocycles. The number of rotatable bonds is 1. The van der Waals surface area contributed by atoms with Crippen LogP contribution < -0.4 is 0 Å². The summed E-state index contributed by atoms with van der Waals surface area (Å²) < 4.78 is 20.9. The summed E-state index contributed by atoms with van der Waals surface area (Å²) in [6.07, 6.45) is 0. The van der Waals surface area contributed by atoms with Gasteiger partial charge < -0.3 is 30.3 Å². The van der Waals surface area contributed by atoms with E-state index in [1.807, 2.05) is 30.3 Å². The third-order valence-corrected chi connectivity index (χ3v) is 2.84. The molecule has 0 bridgehead atoms. The third-order valence-electron chi connectivity index (χ3n) is 1.47. The van der Waals surface area contributed by atoms with Crippen LogP contribution in [-0.2, 0) is 26.1 Å². The van der Waals surface area contributed by atoms with E-state index in [0.29, 0.717) is 0 Å². The van der Waals surface area contributed by atoms with E-state index in [9.17, 15) is 8.42 Å². The summed E-state index contributed by atoms with van der Waals surface area (Å²) in [4.78, 5) is 0.157. The van der Waals surface area contributed by atoms with Crippen molar-refractivity contribution >= 4 is 19.7 Å². The summed E-state index contributed by atoms with van der Waals surface area (Å²) in [6.45, 7) is 0. The molecule has 0 atom stereocenters. The zero-order chi connectivity index (χ0) is 10.4. The largest absolute Gasteiger partial charge is 0.748 e. The van der Waals surface area contributed by atoms with Crippen LogP contribution in [0.5, 0.6) is 0 Å². The van der Waals surface area contributed by atoms with Crippen LogP contribution in [0, 0.1) is 0 Å². The second kappa shape index (κ2) is 6.85. The van der Waals surface area contributed by atoms with Gasteiger partial charge in [-0.2, -0.15) is 12.1 Å². The van der Waals surface area contributed by atoms with Gasteiger partial charge in [-0.05, 0) is 4.90 Å². The third kappa shape index (κ3) is 5.80. The van der Waals surface area contributed by atoms with Gasteiger partial charge in [-0.25, -0.2) is 20.6 Å². The average Bonchev–Trinajstić information content (AvgIpc) is 2.80. The molecule has 5 heteroatoms. The van der Waals surface area contributed by atoms with Crippen molar-refractivity contribution in [3.63, 3.8) is 0 Å². The number of halogens is 1. The van der Waals surface area contributed by atoms with Gasteiger partial charge in [0.05, 0.1) is 0 Å². The van der Waals surface area contributed by atoms with Crippen LogP contribution in [0.4, 0.5) is 0 Å². The molecule has 2 aromatic carbocycles. The van der Waals surface area contributed by atoms with Crippen molar-refractivity contribution in [1.82, 2.24) is 0 Å². The van der Waals surface area contributed by atoms with Gasteiger partial charge in [0.2, 0.25) is 9.05 Å². The molecular weight excluding hydrogens is 275 g/mol. The second-order valence-corrected chi connectivity index (χ2v) is 5.09. The first-order chi connectivity index (χ1) is 6.61. The Kier molecular flexibility index (Phi) is 6.61. The molecule has 0 saturated heterocycles. The molecule has 2 aromatic rings. The van der Waals surface area contributed by atoms with Gasteiger partial charge in [0.1, 0.15) is 0 Å². The van der Waals surface area contributed by atoms with Crippen molar-refractivity contribution in [1.29, 1.82) is 0 Å². The van der Waals surface area contributed by atoms with Crippen molar-refractivity contribution in [3.8, 4) is 0 Å². The molecule has 0 aromatic heterocycles. The maximum Gasteiger partial charge on any atom is 0.215 e. The molecule has 0 aliphatic heterocycles. The van der Waals surface area contributed by atoms with Gasteiger partial charge in [0, 0.05) is 27.8 Å². The van der Waals surface area contributed by atoms with Crippen molar-refractivity contribution in [2.75, 3.05) is 0 Å². The van der Waals surface area contributed by atoms with E-state index < -0.39 is 9.05 Å². The Bertz CT molecular complexity index is 415. The molecule has 2 rings (SSSR count). The standard InChI is InChI=1S/C5H4ClO2S.C5H5.Fe/c6-9(7,8)5-3-1-2-4-5;1-2-4-5-3-1;/h1-4H;1-5H;/q-1;-5;. The van der Waals surface area contributed by atoms with Crippen LogP contribution in [0.2, 0.25) is 0 Å². The first-order valence-electron chi connectivity index (χ1n) is 3.94. The van der Waals surface area contributed by atoms with Gasteiger partial charge in [0.15, 0.2) is 0 Å².